The van der Waals surface area contributed by atoms with Crippen molar-refractivity contribution in [2.45, 2.75) is 51.3 Å². The Labute approximate surface area is 166 Å². The van der Waals surface area contributed by atoms with Crippen molar-refractivity contribution in [1.29, 1.82) is 0 Å². The number of carbonyl (C=O) groups excluding carboxylic acids is 1. The molecular weight excluding hydrogens is 368 g/mol. The van der Waals surface area contributed by atoms with E-state index < -0.39 is 6.10 Å². The van der Waals surface area contributed by atoms with E-state index in [1.54, 1.807) is 7.11 Å². The second kappa shape index (κ2) is 9.13. The van der Waals surface area contributed by atoms with Crippen LogP contribution in [0.2, 0.25) is 5.02 Å². The van der Waals surface area contributed by atoms with Crippen LogP contribution in [-0.4, -0.2) is 56.4 Å². The van der Waals surface area contributed by atoms with Crippen molar-refractivity contribution in [2.75, 3.05) is 33.4 Å². The lowest BCUT2D eigenvalue weighted by atomic mass is 10.0. The minimum Gasteiger partial charge on any atom is -0.491 e. The zero-order valence-corrected chi connectivity index (χ0v) is 17.1. The van der Waals surface area contributed by atoms with Gasteiger partial charge >= 0.3 is 0 Å². The van der Waals surface area contributed by atoms with Crippen molar-refractivity contribution < 1.29 is 19.0 Å². The van der Waals surface area contributed by atoms with Gasteiger partial charge in [-0.2, -0.15) is 0 Å². The third-order valence-corrected chi connectivity index (χ3v) is 5.28. The Hall–Kier alpha value is -1.50. The molecule has 27 heavy (non-hydrogen) atoms. The highest BCUT2D eigenvalue weighted by atomic mass is 35.5. The summed E-state index contributed by atoms with van der Waals surface area (Å²) in [5, 5.41) is 3.73. The van der Waals surface area contributed by atoms with Gasteiger partial charge in [0.05, 0.1) is 31.4 Å². The molecule has 1 aromatic rings. The molecule has 1 saturated carbocycles. The maximum Gasteiger partial charge on any atom is 0.253 e. The number of rotatable bonds is 8. The Morgan fingerprint density at radius 3 is 2.81 bits per heavy atom. The van der Waals surface area contributed by atoms with Crippen LogP contribution in [0, 0.1) is 0 Å². The molecule has 1 N–H and O–H groups in total. The average Bonchev–Trinajstić information content (AvgIpc) is 3.51. The second-order valence-corrected chi connectivity index (χ2v) is 7.51. The van der Waals surface area contributed by atoms with Gasteiger partial charge < -0.3 is 24.4 Å². The van der Waals surface area contributed by atoms with Gasteiger partial charge in [0, 0.05) is 19.1 Å². The first-order valence-corrected chi connectivity index (χ1v) is 10.1. The molecule has 0 aromatic heterocycles. The maximum atomic E-state index is 13.1. The lowest BCUT2D eigenvalue weighted by Gasteiger charge is -2.34. The number of ether oxygens (including phenoxy) is 3. The van der Waals surface area contributed by atoms with Crippen LogP contribution >= 0.6 is 11.6 Å². The Morgan fingerprint density at radius 2 is 2.22 bits per heavy atom. The van der Waals surface area contributed by atoms with Crippen LogP contribution in [0.3, 0.4) is 0 Å². The number of methoxy groups -OCH3 is 1. The number of morpholine rings is 1. The van der Waals surface area contributed by atoms with Crippen LogP contribution in [-0.2, 0) is 9.53 Å². The van der Waals surface area contributed by atoms with E-state index in [9.17, 15) is 4.79 Å². The summed E-state index contributed by atoms with van der Waals surface area (Å²) < 4.78 is 16.9. The minimum atomic E-state index is -0.425. The maximum absolute atomic E-state index is 13.1. The SMILES string of the molecule is CCCOc1cc(C(C)N(C(=O)[C@H]2CNCCO2)C2CC2)cc(Cl)c1OC. The monoisotopic (exact) mass is 396 g/mol. The number of halogens is 1. The van der Waals surface area contributed by atoms with Crippen LogP contribution in [0.25, 0.3) is 0 Å². The van der Waals surface area contributed by atoms with E-state index >= 15 is 0 Å². The fourth-order valence-corrected chi connectivity index (χ4v) is 3.73. The van der Waals surface area contributed by atoms with Crippen LogP contribution in [0.15, 0.2) is 12.1 Å². The number of benzene rings is 1. The third-order valence-electron chi connectivity index (χ3n) is 5.00. The van der Waals surface area contributed by atoms with Crippen molar-refractivity contribution >= 4 is 17.5 Å². The number of carbonyl (C=O) groups is 1. The molecule has 2 fully saturated rings. The average molecular weight is 397 g/mol. The number of nitrogens with one attached hydrogen (secondary N) is 1. The van der Waals surface area contributed by atoms with Gasteiger partial charge in [0.25, 0.3) is 5.91 Å². The van der Waals surface area contributed by atoms with Gasteiger partial charge in [-0.15, -0.1) is 0 Å². The van der Waals surface area contributed by atoms with Crippen molar-refractivity contribution in [3.8, 4) is 11.5 Å². The number of nitrogens with zero attached hydrogens (tertiary/aromatic N) is 1. The van der Waals surface area contributed by atoms with E-state index in [0.717, 1.165) is 31.4 Å². The molecule has 1 unspecified atom stereocenters. The van der Waals surface area contributed by atoms with Crippen LogP contribution < -0.4 is 14.8 Å². The van der Waals surface area contributed by atoms with Crippen molar-refractivity contribution in [1.82, 2.24) is 10.2 Å². The lowest BCUT2D eigenvalue weighted by molar-refractivity contribution is -0.148. The standard InChI is InChI=1S/C20H29ClN2O4/c1-4-8-26-17-11-14(10-16(21)19(17)25-3)13(2)23(15-5-6-15)20(24)18-12-22-7-9-27-18/h10-11,13,15,18,22H,4-9,12H2,1-3H3/t13?,18-/m1/s1. The van der Waals surface area contributed by atoms with Crippen LogP contribution in [0.4, 0.5) is 0 Å². The lowest BCUT2D eigenvalue weighted by Crippen LogP contribution is -2.50. The molecule has 0 radical (unpaired) electrons. The summed E-state index contributed by atoms with van der Waals surface area (Å²) in [6.07, 6.45) is 2.52. The Balaban J connectivity index is 1.86. The Bertz CT molecular complexity index is 660. The molecule has 0 bridgehead atoms. The van der Waals surface area contributed by atoms with E-state index in [1.807, 2.05) is 30.9 Å². The van der Waals surface area contributed by atoms with Gasteiger partial charge in [-0.1, -0.05) is 18.5 Å². The summed E-state index contributed by atoms with van der Waals surface area (Å²) in [6.45, 7) is 6.57. The number of hydrogen-bond acceptors (Lipinski definition) is 5. The first kappa shape index (κ1) is 20.2. The molecule has 2 atom stereocenters. The normalized spacial score (nSPS) is 20.8. The second-order valence-electron chi connectivity index (χ2n) is 7.10. The van der Waals surface area contributed by atoms with Gasteiger partial charge in [-0.3, -0.25) is 4.79 Å². The predicted molar refractivity (Wildman–Crippen MR) is 105 cm³/mol. The molecule has 1 saturated heterocycles. The zero-order chi connectivity index (χ0) is 19.4. The molecule has 2 aliphatic rings. The summed E-state index contributed by atoms with van der Waals surface area (Å²) in [5.41, 5.74) is 0.941. The smallest absolute Gasteiger partial charge is 0.253 e. The summed E-state index contributed by atoms with van der Waals surface area (Å²) in [7, 11) is 1.58. The molecular formula is C20H29ClN2O4. The van der Waals surface area contributed by atoms with E-state index in [1.165, 1.54) is 0 Å². The van der Waals surface area contributed by atoms with Gasteiger partial charge in [0.1, 0.15) is 6.10 Å². The van der Waals surface area contributed by atoms with E-state index in [-0.39, 0.29) is 18.0 Å². The van der Waals surface area contributed by atoms with Crippen LogP contribution in [0.1, 0.15) is 44.7 Å². The highest BCUT2D eigenvalue weighted by molar-refractivity contribution is 6.32. The quantitative estimate of drug-likeness (QED) is 0.731. The molecule has 0 spiro atoms. The summed E-state index contributed by atoms with van der Waals surface area (Å²) >= 11 is 6.44. The number of hydrogen-bond donors (Lipinski definition) is 1. The number of amides is 1. The molecule has 3 rings (SSSR count). The predicted octanol–water partition coefficient (Wildman–Crippen LogP) is 3.18. The Kier molecular flexibility index (Phi) is 6.84. The zero-order valence-electron chi connectivity index (χ0n) is 16.3. The van der Waals surface area contributed by atoms with Gasteiger partial charge in [0.15, 0.2) is 11.5 Å². The minimum absolute atomic E-state index is 0.0418. The molecule has 1 aliphatic carbocycles. The summed E-state index contributed by atoms with van der Waals surface area (Å²) in [6, 6.07) is 3.95. The van der Waals surface area contributed by atoms with E-state index in [2.05, 4.69) is 5.32 Å². The Morgan fingerprint density at radius 1 is 1.44 bits per heavy atom. The summed E-state index contributed by atoms with van der Waals surface area (Å²) in [5.74, 6) is 1.19. The highest BCUT2D eigenvalue weighted by Crippen LogP contribution is 2.41. The highest BCUT2D eigenvalue weighted by Gasteiger charge is 2.40. The largest absolute Gasteiger partial charge is 0.491 e. The van der Waals surface area contributed by atoms with E-state index in [4.69, 9.17) is 25.8 Å². The molecule has 1 heterocycles. The van der Waals surface area contributed by atoms with Crippen LogP contribution in [0.5, 0.6) is 11.5 Å². The van der Waals surface area contributed by atoms with Gasteiger partial charge in [-0.05, 0) is 43.9 Å². The van der Waals surface area contributed by atoms with Crippen molar-refractivity contribution in [2.24, 2.45) is 0 Å². The molecule has 1 aliphatic heterocycles. The van der Waals surface area contributed by atoms with E-state index in [0.29, 0.717) is 36.3 Å². The molecule has 150 valence electrons. The topological polar surface area (TPSA) is 60.0 Å². The first-order valence-electron chi connectivity index (χ1n) is 9.71. The summed E-state index contributed by atoms with van der Waals surface area (Å²) in [4.78, 5) is 15.1. The van der Waals surface area contributed by atoms with Crippen molar-refractivity contribution in [3.63, 3.8) is 0 Å². The molecule has 7 heteroatoms. The first-order chi connectivity index (χ1) is 13.1. The third kappa shape index (κ3) is 4.68. The molecule has 1 aromatic carbocycles. The van der Waals surface area contributed by atoms with Gasteiger partial charge in [0.2, 0.25) is 0 Å². The fourth-order valence-electron chi connectivity index (χ4n) is 3.44. The molecule has 6 nitrogen and oxygen atoms in total. The van der Waals surface area contributed by atoms with Gasteiger partial charge in [-0.25, -0.2) is 0 Å². The fraction of sp³-hybridized carbons (Fsp3) is 0.650. The molecule has 1 amide bonds. The van der Waals surface area contributed by atoms with Crippen molar-refractivity contribution in [3.05, 3.63) is 22.7 Å².